The first-order valence-corrected chi connectivity index (χ1v) is 12.2. The van der Waals surface area contributed by atoms with E-state index < -0.39 is 10.0 Å². The number of rotatable bonds is 7. The van der Waals surface area contributed by atoms with Gasteiger partial charge in [-0.15, -0.1) is 0 Å². The van der Waals surface area contributed by atoms with Gasteiger partial charge in [-0.2, -0.15) is 4.31 Å². The SMILES string of the molecule is Cc1ccc(C)c(S(=O)(=O)N2CC[NH+](CC(=O)NCCC3=CCCCC3)CC2)c1. The van der Waals surface area contributed by atoms with Gasteiger partial charge in [0, 0.05) is 6.54 Å². The molecule has 1 aromatic rings. The Morgan fingerprint density at radius 1 is 1.17 bits per heavy atom. The summed E-state index contributed by atoms with van der Waals surface area (Å²) in [5.74, 6) is 0.0576. The Hall–Kier alpha value is -1.70. The fraction of sp³-hybridized carbons (Fsp3) is 0.591. The first-order valence-electron chi connectivity index (χ1n) is 10.7. The van der Waals surface area contributed by atoms with E-state index in [0.717, 1.165) is 28.9 Å². The zero-order valence-electron chi connectivity index (χ0n) is 17.7. The van der Waals surface area contributed by atoms with Gasteiger partial charge in [-0.05, 0) is 63.1 Å². The zero-order chi connectivity index (χ0) is 20.9. The average Bonchev–Trinajstić information content (AvgIpc) is 2.71. The standard InChI is InChI=1S/C22H33N3O3S/c1-18-8-9-19(2)21(16-18)29(27,28)25-14-12-24(13-15-25)17-22(26)23-11-10-20-6-4-3-5-7-20/h6,8-9,16H,3-5,7,10-15,17H2,1-2H3,(H,23,26)/p+1. The summed E-state index contributed by atoms with van der Waals surface area (Å²) >= 11 is 0. The van der Waals surface area contributed by atoms with Crippen LogP contribution in [-0.2, 0) is 14.8 Å². The lowest BCUT2D eigenvalue weighted by atomic mass is 9.97. The van der Waals surface area contributed by atoms with E-state index in [0.29, 0.717) is 44.2 Å². The highest BCUT2D eigenvalue weighted by molar-refractivity contribution is 7.89. The molecule has 6 nitrogen and oxygen atoms in total. The van der Waals surface area contributed by atoms with Crippen LogP contribution in [0.1, 0.15) is 43.2 Å². The van der Waals surface area contributed by atoms with E-state index in [9.17, 15) is 13.2 Å². The molecular formula is C22H34N3O3S+. The topological polar surface area (TPSA) is 70.9 Å². The molecule has 3 rings (SSSR count). The minimum absolute atomic E-state index is 0.0576. The van der Waals surface area contributed by atoms with Gasteiger partial charge in [-0.25, -0.2) is 8.42 Å². The lowest BCUT2D eigenvalue weighted by Gasteiger charge is -2.31. The molecule has 1 heterocycles. The van der Waals surface area contributed by atoms with Crippen molar-refractivity contribution in [2.45, 2.75) is 50.8 Å². The predicted molar refractivity (Wildman–Crippen MR) is 114 cm³/mol. The maximum atomic E-state index is 13.0. The molecule has 0 unspecified atom stereocenters. The van der Waals surface area contributed by atoms with E-state index in [4.69, 9.17) is 0 Å². The summed E-state index contributed by atoms with van der Waals surface area (Å²) in [4.78, 5) is 13.8. The number of hydrogen-bond acceptors (Lipinski definition) is 3. The van der Waals surface area contributed by atoms with E-state index >= 15 is 0 Å². The number of carbonyl (C=O) groups is 1. The Morgan fingerprint density at radius 2 is 1.93 bits per heavy atom. The van der Waals surface area contributed by atoms with Crippen molar-refractivity contribution in [2.24, 2.45) is 0 Å². The maximum absolute atomic E-state index is 13.0. The van der Waals surface area contributed by atoms with Crippen LogP contribution in [0.4, 0.5) is 0 Å². The third-order valence-electron chi connectivity index (χ3n) is 5.95. The van der Waals surface area contributed by atoms with E-state index in [2.05, 4.69) is 11.4 Å². The monoisotopic (exact) mass is 420 g/mol. The highest BCUT2D eigenvalue weighted by Crippen LogP contribution is 2.21. The number of piperazine rings is 1. The molecule has 0 saturated carbocycles. The number of benzene rings is 1. The van der Waals surface area contributed by atoms with Crippen molar-refractivity contribution >= 4 is 15.9 Å². The number of nitrogens with zero attached hydrogens (tertiary/aromatic N) is 1. The second-order valence-corrected chi connectivity index (χ2v) is 10.2. The minimum Gasteiger partial charge on any atom is -0.351 e. The molecule has 0 bridgehead atoms. The van der Waals surface area contributed by atoms with Gasteiger partial charge in [0.15, 0.2) is 6.54 Å². The van der Waals surface area contributed by atoms with Gasteiger partial charge >= 0.3 is 0 Å². The van der Waals surface area contributed by atoms with Crippen molar-refractivity contribution in [3.63, 3.8) is 0 Å². The molecule has 1 saturated heterocycles. The zero-order valence-corrected chi connectivity index (χ0v) is 18.5. The van der Waals surface area contributed by atoms with Crippen LogP contribution in [0.2, 0.25) is 0 Å². The van der Waals surface area contributed by atoms with Gasteiger partial charge in [0.2, 0.25) is 10.0 Å². The molecule has 1 aromatic carbocycles. The molecule has 0 atom stereocenters. The second-order valence-electron chi connectivity index (χ2n) is 8.31. The Balaban J connectivity index is 1.45. The molecule has 1 amide bonds. The summed E-state index contributed by atoms with van der Waals surface area (Å²) in [6.07, 6.45) is 8.14. The first-order chi connectivity index (χ1) is 13.9. The number of allylic oxidation sites excluding steroid dienone is 1. The van der Waals surface area contributed by atoms with Gasteiger partial charge in [0.25, 0.3) is 5.91 Å². The van der Waals surface area contributed by atoms with Crippen molar-refractivity contribution < 1.29 is 18.1 Å². The Labute approximate surface area is 175 Å². The van der Waals surface area contributed by atoms with Crippen molar-refractivity contribution in [1.82, 2.24) is 9.62 Å². The number of hydrogen-bond donors (Lipinski definition) is 2. The van der Waals surface area contributed by atoms with Gasteiger partial charge in [-0.1, -0.05) is 23.8 Å². The lowest BCUT2D eigenvalue weighted by Crippen LogP contribution is -3.15. The quantitative estimate of drug-likeness (QED) is 0.651. The second kappa shape index (κ2) is 9.87. The van der Waals surface area contributed by atoms with Crippen LogP contribution in [0, 0.1) is 13.8 Å². The number of carbonyl (C=O) groups excluding carboxylic acids is 1. The van der Waals surface area contributed by atoms with E-state index in [1.807, 2.05) is 26.0 Å². The molecule has 7 heteroatoms. The Bertz CT molecular complexity index is 856. The predicted octanol–water partition coefficient (Wildman–Crippen LogP) is 1.20. The van der Waals surface area contributed by atoms with Crippen LogP contribution in [0.5, 0.6) is 0 Å². The van der Waals surface area contributed by atoms with Gasteiger partial charge in [0.05, 0.1) is 31.1 Å². The van der Waals surface area contributed by atoms with Crippen molar-refractivity contribution in [3.8, 4) is 0 Å². The first kappa shape index (κ1) is 22.0. The summed E-state index contributed by atoms with van der Waals surface area (Å²) in [5, 5.41) is 3.03. The van der Waals surface area contributed by atoms with Crippen molar-refractivity contribution in [2.75, 3.05) is 39.3 Å². The van der Waals surface area contributed by atoms with Crippen LogP contribution in [0.3, 0.4) is 0 Å². The molecule has 1 fully saturated rings. The molecule has 2 N–H and O–H groups in total. The highest BCUT2D eigenvalue weighted by Gasteiger charge is 2.32. The number of quaternary nitrogens is 1. The average molecular weight is 421 g/mol. The third kappa shape index (κ3) is 5.90. The molecule has 0 spiro atoms. The third-order valence-corrected chi connectivity index (χ3v) is 8.00. The number of sulfonamides is 1. The number of amides is 1. The molecular weight excluding hydrogens is 386 g/mol. The summed E-state index contributed by atoms with van der Waals surface area (Å²) in [7, 11) is -3.48. The van der Waals surface area contributed by atoms with Crippen LogP contribution in [0.15, 0.2) is 34.7 Å². The largest absolute Gasteiger partial charge is 0.351 e. The van der Waals surface area contributed by atoms with Crippen LogP contribution >= 0.6 is 0 Å². The number of aryl methyl sites for hydroxylation is 2. The molecule has 0 radical (unpaired) electrons. The molecule has 1 aliphatic carbocycles. The fourth-order valence-electron chi connectivity index (χ4n) is 4.13. The minimum atomic E-state index is -3.48. The van der Waals surface area contributed by atoms with Crippen LogP contribution < -0.4 is 10.2 Å². The molecule has 2 aliphatic rings. The Morgan fingerprint density at radius 3 is 2.62 bits per heavy atom. The van der Waals surface area contributed by atoms with Gasteiger partial charge < -0.3 is 10.2 Å². The molecule has 29 heavy (non-hydrogen) atoms. The van der Waals surface area contributed by atoms with E-state index in [1.165, 1.54) is 24.8 Å². The van der Waals surface area contributed by atoms with Crippen LogP contribution in [-0.4, -0.2) is 57.9 Å². The van der Waals surface area contributed by atoms with Crippen LogP contribution in [0.25, 0.3) is 0 Å². The molecule has 1 aliphatic heterocycles. The summed E-state index contributed by atoms with van der Waals surface area (Å²) in [5.41, 5.74) is 3.19. The summed E-state index contributed by atoms with van der Waals surface area (Å²) in [6, 6.07) is 5.54. The van der Waals surface area contributed by atoms with Crippen molar-refractivity contribution in [1.29, 1.82) is 0 Å². The Kier molecular flexibility index (Phi) is 7.49. The summed E-state index contributed by atoms with van der Waals surface area (Å²) in [6.45, 7) is 7.06. The van der Waals surface area contributed by atoms with Crippen molar-refractivity contribution in [3.05, 3.63) is 41.0 Å². The highest BCUT2D eigenvalue weighted by atomic mass is 32.2. The maximum Gasteiger partial charge on any atom is 0.275 e. The molecule has 160 valence electrons. The van der Waals surface area contributed by atoms with E-state index in [-0.39, 0.29) is 5.91 Å². The molecule has 0 aromatic heterocycles. The fourth-order valence-corrected chi connectivity index (χ4v) is 5.88. The lowest BCUT2D eigenvalue weighted by molar-refractivity contribution is -0.895. The van der Waals surface area contributed by atoms with E-state index in [1.54, 1.807) is 10.4 Å². The summed E-state index contributed by atoms with van der Waals surface area (Å²) < 4.78 is 27.6. The smallest absolute Gasteiger partial charge is 0.275 e. The van der Waals surface area contributed by atoms with Gasteiger partial charge in [-0.3, -0.25) is 4.79 Å². The normalized spacial score (nSPS) is 19.0. The number of nitrogens with one attached hydrogen (secondary N) is 2. The van der Waals surface area contributed by atoms with Gasteiger partial charge in [0.1, 0.15) is 0 Å².